The summed E-state index contributed by atoms with van der Waals surface area (Å²) >= 11 is 0. The lowest BCUT2D eigenvalue weighted by atomic mass is 9.78. The first-order valence-corrected chi connectivity index (χ1v) is 24.5. The molecule has 0 atom stereocenters. The Kier molecular flexibility index (Phi) is 11.6. The minimum Gasteiger partial charge on any atom is -0.507 e. The molecule has 0 fully saturated rings. The van der Waals surface area contributed by atoms with Gasteiger partial charge in [-0.3, -0.25) is 9.55 Å². The molecular formula is C67H55N3O. The molecule has 4 heteroatoms. The molecule has 0 unspecified atom stereocenters. The molecule has 0 aliphatic carbocycles. The van der Waals surface area contributed by atoms with E-state index in [4.69, 9.17) is 9.97 Å². The van der Waals surface area contributed by atoms with Crippen LogP contribution in [0.3, 0.4) is 0 Å². The van der Waals surface area contributed by atoms with Crippen LogP contribution in [0.1, 0.15) is 51.3 Å². The van der Waals surface area contributed by atoms with Crippen LogP contribution in [0.2, 0.25) is 0 Å². The van der Waals surface area contributed by atoms with E-state index in [-0.39, 0.29) is 16.6 Å². The Morgan fingerprint density at radius 3 is 1.63 bits per heavy atom. The van der Waals surface area contributed by atoms with E-state index < -0.39 is 0 Å². The van der Waals surface area contributed by atoms with Gasteiger partial charge in [0.15, 0.2) is 0 Å². The van der Waals surface area contributed by atoms with E-state index in [9.17, 15) is 5.11 Å². The van der Waals surface area contributed by atoms with Gasteiger partial charge in [0.05, 0.1) is 28.0 Å². The first-order chi connectivity index (χ1) is 34.5. The van der Waals surface area contributed by atoms with Crippen LogP contribution in [0, 0.1) is 0 Å². The van der Waals surface area contributed by atoms with Gasteiger partial charge >= 0.3 is 0 Å². The Bertz CT molecular complexity index is 3700. The molecule has 0 spiro atoms. The van der Waals surface area contributed by atoms with Gasteiger partial charge in [-0.15, -0.1) is 0 Å². The number of aromatic nitrogens is 3. The Morgan fingerprint density at radius 2 is 0.930 bits per heavy atom. The van der Waals surface area contributed by atoms with Gasteiger partial charge in [0.25, 0.3) is 0 Å². The number of fused-ring (bicyclic) bond motifs is 1. The third-order valence-electron chi connectivity index (χ3n) is 14.1. The lowest BCUT2D eigenvalue weighted by Crippen LogP contribution is -2.18. The minimum atomic E-state index is -0.168. The standard InChI is InChI=1S/C67H55N3O/c1-66(2,3)53-42-49(41-50(43-53)60-44-48(39-40-68-60)45-35-37-52(38-36-45)67(4,5)51-25-13-8-14-26-51)56-30-20-34-62-63(56)69-65(70(62)61-33-18-17-28-55(61)47-23-11-7-12-24-47)59-32-19-31-58(64(59)71)57-29-16-15-27-54(57)46-21-9-6-10-22-46/h6-44,71H,1-5H3. The van der Waals surface area contributed by atoms with Gasteiger partial charge in [0.1, 0.15) is 11.6 Å². The highest BCUT2D eigenvalue weighted by Crippen LogP contribution is 2.46. The van der Waals surface area contributed by atoms with Crippen molar-refractivity contribution in [2.75, 3.05) is 0 Å². The number of benzene rings is 9. The average molecular weight is 918 g/mol. The molecule has 71 heavy (non-hydrogen) atoms. The summed E-state index contributed by atoms with van der Waals surface area (Å²) in [5, 5.41) is 12.7. The van der Waals surface area contributed by atoms with Crippen molar-refractivity contribution in [3.63, 3.8) is 0 Å². The largest absolute Gasteiger partial charge is 0.507 e. The molecular weight excluding hydrogens is 863 g/mol. The first-order valence-electron chi connectivity index (χ1n) is 24.5. The number of hydrogen-bond acceptors (Lipinski definition) is 3. The number of para-hydroxylation sites is 3. The molecule has 2 aromatic heterocycles. The Hall–Kier alpha value is -8.60. The van der Waals surface area contributed by atoms with Crippen molar-refractivity contribution in [1.29, 1.82) is 0 Å². The molecule has 2 heterocycles. The second-order valence-corrected chi connectivity index (χ2v) is 20.0. The lowest BCUT2D eigenvalue weighted by molar-refractivity contribution is 0.479. The van der Waals surface area contributed by atoms with Crippen molar-refractivity contribution in [1.82, 2.24) is 14.5 Å². The highest BCUT2D eigenvalue weighted by Gasteiger charge is 2.26. The molecule has 0 saturated heterocycles. The minimum absolute atomic E-state index is 0.128. The zero-order chi connectivity index (χ0) is 48.7. The predicted octanol–water partition coefficient (Wildman–Crippen LogP) is 17.4. The highest BCUT2D eigenvalue weighted by molar-refractivity contribution is 5.99. The fourth-order valence-electron chi connectivity index (χ4n) is 10.0. The van der Waals surface area contributed by atoms with Crippen molar-refractivity contribution in [2.45, 2.75) is 45.4 Å². The third-order valence-corrected chi connectivity index (χ3v) is 14.1. The van der Waals surface area contributed by atoms with E-state index in [2.05, 4.69) is 215 Å². The van der Waals surface area contributed by atoms with Crippen LogP contribution in [0.15, 0.2) is 237 Å². The number of pyridine rings is 1. The van der Waals surface area contributed by atoms with Crippen molar-refractivity contribution >= 4 is 11.0 Å². The van der Waals surface area contributed by atoms with Crippen molar-refractivity contribution in [2.24, 2.45) is 0 Å². The maximum Gasteiger partial charge on any atom is 0.149 e. The SMILES string of the molecule is CC(C)(C)c1cc(-c2cc(-c3ccc(C(C)(C)c4ccccc4)cc3)ccn2)cc(-c2cccc3c2nc(-c2cccc(-c4ccccc4-c4ccccc4)c2O)n3-c2ccccc2-c2ccccc2)c1. The number of phenolic OH excluding ortho intramolecular Hbond substituents is 1. The first kappa shape index (κ1) is 44.9. The third kappa shape index (κ3) is 8.53. The van der Waals surface area contributed by atoms with Gasteiger partial charge < -0.3 is 5.11 Å². The zero-order valence-electron chi connectivity index (χ0n) is 40.8. The topological polar surface area (TPSA) is 50.9 Å². The number of phenols is 1. The van der Waals surface area contributed by atoms with Crippen LogP contribution >= 0.6 is 0 Å². The maximum absolute atomic E-state index is 12.7. The summed E-state index contributed by atoms with van der Waals surface area (Å²) in [4.78, 5) is 10.6. The summed E-state index contributed by atoms with van der Waals surface area (Å²) in [7, 11) is 0. The molecule has 4 nitrogen and oxygen atoms in total. The normalized spacial score (nSPS) is 11.8. The van der Waals surface area contributed by atoms with Crippen LogP contribution in [-0.2, 0) is 10.8 Å². The second kappa shape index (κ2) is 18.4. The maximum atomic E-state index is 12.7. The quantitative estimate of drug-likeness (QED) is 0.149. The summed E-state index contributed by atoms with van der Waals surface area (Å²) < 4.78 is 2.23. The van der Waals surface area contributed by atoms with E-state index in [0.717, 1.165) is 83.6 Å². The molecule has 11 aromatic rings. The molecule has 344 valence electrons. The smallest absolute Gasteiger partial charge is 0.149 e. The van der Waals surface area contributed by atoms with Crippen LogP contribution in [-0.4, -0.2) is 19.6 Å². The van der Waals surface area contributed by atoms with Gasteiger partial charge in [-0.1, -0.05) is 223 Å². The van der Waals surface area contributed by atoms with Crippen LogP contribution in [0.25, 0.3) is 95.0 Å². The molecule has 9 aromatic carbocycles. The molecule has 0 bridgehead atoms. The molecule has 0 radical (unpaired) electrons. The monoisotopic (exact) mass is 917 g/mol. The summed E-state index contributed by atoms with van der Waals surface area (Å²) in [5.74, 6) is 0.816. The average Bonchev–Trinajstić information content (AvgIpc) is 3.81. The van der Waals surface area contributed by atoms with Crippen molar-refractivity contribution in [3.8, 4) is 89.7 Å². The summed E-state index contributed by atoms with van der Waals surface area (Å²) in [5.41, 5.74) is 19.0. The van der Waals surface area contributed by atoms with Gasteiger partial charge in [0, 0.05) is 33.9 Å². The number of rotatable bonds is 10. The van der Waals surface area contributed by atoms with E-state index in [0.29, 0.717) is 11.4 Å². The van der Waals surface area contributed by atoms with Crippen LogP contribution in [0.5, 0.6) is 5.75 Å². The zero-order valence-corrected chi connectivity index (χ0v) is 40.8. The molecule has 0 amide bonds. The molecule has 1 N–H and O–H groups in total. The van der Waals surface area contributed by atoms with Crippen LogP contribution < -0.4 is 0 Å². The van der Waals surface area contributed by atoms with E-state index in [1.165, 1.54) is 16.7 Å². The van der Waals surface area contributed by atoms with Gasteiger partial charge in [-0.25, -0.2) is 4.98 Å². The van der Waals surface area contributed by atoms with E-state index >= 15 is 0 Å². The number of aromatic hydroxyl groups is 1. The summed E-state index contributed by atoms with van der Waals surface area (Å²) in [6, 6.07) is 80.9. The Balaban J connectivity index is 1.08. The second-order valence-electron chi connectivity index (χ2n) is 20.0. The fraction of sp³-hybridized carbons (Fsp3) is 0.104. The number of hydrogen-bond donors (Lipinski definition) is 1. The van der Waals surface area contributed by atoms with Gasteiger partial charge in [-0.05, 0) is 104 Å². The van der Waals surface area contributed by atoms with E-state index in [1.807, 2.05) is 60.8 Å². The molecule has 0 saturated carbocycles. The molecule has 0 aliphatic rings. The fourth-order valence-corrected chi connectivity index (χ4v) is 10.0. The Morgan fingerprint density at radius 1 is 0.380 bits per heavy atom. The molecule has 11 rings (SSSR count). The number of imidazole rings is 1. The van der Waals surface area contributed by atoms with Gasteiger partial charge in [-0.2, -0.15) is 0 Å². The Labute approximate surface area is 417 Å². The predicted molar refractivity (Wildman–Crippen MR) is 296 cm³/mol. The van der Waals surface area contributed by atoms with Crippen molar-refractivity contribution < 1.29 is 5.11 Å². The lowest BCUT2D eigenvalue weighted by Gasteiger charge is -2.26. The number of nitrogens with zero attached hydrogens (tertiary/aromatic N) is 3. The van der Waals surface area contributed by atoms with E-state index in [1.54, 1.807) is 0 Å². The van der Waals surface area contributed by atoms with Crippen LogP contribution in [0.4, 0.5) is 0 Å². The van der Waals surface area contributed by atoms with Crippen molar-refractivity contribution in [3.05, 3.63) is 253 Å². The highest BCUT2D eigenvalue weighted by atomic mass is 16.3. The summed E-state index contributed by atoms with van der Waals surface area (Å²) in [6.45, 7) is 11.4. The molecule has 0 aliphatic heterocycles. The summed E-state index contributed by atoms with van der Waals surface area (Å²) in [6.07, 6.45) is 1.92. The van der Waals surface area contributed by atoms with Gasteiger partial charge in [0.2, 0.25) is 0 Å².